The molecule has 0 aromatic carbocycles. The molecule has 0 aliphatic carbocycles. The average molecular weight is 258 g/mol. The number of piperidine rings is 1. The Kier molecular flexibility index (Phi) is 7.82. The molecule has 0 bridgehead atoms. The Bertz CT molecular complexity index is 212. The summed E-state index contributed by atoms with van der Waals surface area (Å²) in [5, 5.41) is 13.4. The number of nitrogens with one attached hydrogen (secondary N) is 1. The predicted molar refractivity (Wildman–Crippen MR) is 74.8 cm³/mol. The zero-order valence-corrected chi connectivity index (χ0v) is 12.2. The molecule has 0 amide bonds. The molecule has 1 aliphatic heterocycles. The molecule has 2 atom stereocenters. The number of hydrogen-bond acceptors (Lipinski definition) is 4. The first-order valence-electron chi connectivity index (χ1n) is 7.33. The molecule has 2 unspecified atom stereocenters. The van der Waals surface area contributed by atoms with Gasteiger partial charge in [-0.15, -0.1) is 0 Å². The van der Waals surface area contributed by atoms with Gasteiger partial charge in [-0.1, -0.05) is 13.8 Å². The number of aliphatic hydroxyl groups is 1. The first-order chi connectivity index (χ1) is 8.61. The third kappa shape index (κ3) is 6.69. The minimum atomic E-state index is -0.346. The minimum absolute atomic E-state index is 0.346. The fourth-order valence-electron chi connectivity index (χ4n) is 2.49. The maximum absolute atomic E-state index is 9.85. The number of rotatable bonds is 8. The standard InChI is InChI=1S/C14H30N2O2/c1-4-18-11-14(17)10-16-7-5-6-13(9-16)8-15-12(2)3/h12-15,17H,4-11H2,1-3H3. The zero-order chi connectivity index (χ0) is 13.4. The van der Waals surface area contributed by atoms with E-state index in [9.17, 15) is 5.11 Å². The first-order valence-corrected chi connectivity index (χ1v) is 7.33. The summed E-state index contributed by atoms with van der Waals surface area (Å²) in [5.41, 5.74) is 0. The van der Waals surface area contributed by atoms with Crippen LogP contribution in [0.2, 0.25) is 0 Å². The van der Waals surface area contributed by atoms with Crippen molar-refractivity contribution in [2.24, 2.45) is 5.92 Å². The van der Waals surface area contributed by atoms with Gasteiger partial charge >= 0.3 is 0 Å². The fraction of sp³-hybridized carbons (Fsp3) is 1.00. The van der Waals surface area contributed by atoms with Crippen molar-refractivity contribution in [3.63, 3.8) is 0 Å². The topological polar surface area (TPSA) is 44.7 Å². The largest absolute Gasteiger partial charge is 0.389 e. The summed E-state index contributed by atoms with van der Waals surface area (Å²) in [7, 11) is 0. The van der Waals surface area contributed by atoms with Gasteiger partial charge in [-0.3, -0.25) is 0 Å². The van der Waals surface area contributed by atoms with Crippen LogP contribution in [0.25, 0.3) is 0 Å². The summed E-state index contributed by atoms with van der Waals surface area (Å²) in [5.74, 6) is 0.723. The lowest BCUT2D eigenvalue weighted by Crippen LogP contribution is -2.44. The lowest BCUT2D eigenvalue weighted by Gasteiger charge is -2.34. The molecule has 1 saturated heterocycles. The highest BCUT2D eigenvalue weighted by Crippen LogP contribution is 2.16. The molecule has 0 radical (unpaired) electrons. The summed E-state index contributed by atoms with van der Waals surface area (Å²) >= 11 is 0. The smallest absolute Gasteiger partial charge is 0.0900 e. The van der Waals surface area contributed by atoms with Crippen molar-refractivity contribution >= 4 is 0 Å². The molecule has 1 heterocycles. The van der Waals surface area contributed by atoms with Gasteiger partial charge in [-0.2, -0.15) is 0 Å². The summed E-state index contributed by atoms with van der Waals surface area (Å²) in [6, 6.07) is 0.559. The van der Waals surface area contributed by atoms with Gasteiger partial charge in [-0.25, -0.2) is 0 Å². The van der Waals surface area contributed by atoms with Gasteiger partial charge in [0, 0.05) is 25.7 Å². The Labute approximate surface area is 112 Å². The van der Waals surface area contributed by atoms with Crippen LogP contribution in [-0.2, 0) is 4.74 Å². The van der Waals surface area contributed by atoms with E-state index in [1.165, 1.54) is 12.8 Å². The Morgan fingerprint density at radius 3 is 2.89 bits per heavy atom. The van der Waals surface area contributed by atoms with Gasteiger partial charge in [-0.05, 0) is 38.8 Å². The molecule has 18 heavy (non-hydrogen) atoms. The second kappa shape index (κ2) is 8.86. The molecule has 0 spiro atoms. The van der Waals surface area contributed by atoms with Crippen LogP contribution in [0.5, 0.6) is 0 Å². The van der Waals surface area contributed by atoms with Crippen LogP contribution in [0.1, 0.15) is 33.6 Å². The van der Waals surface area contributed by atoms with Crippen molar-refractivity contribution in [3.05, 3.63) is 0 Å². The van der Waals surface area contributed by atoms with Crippen LogP contribution in [0.3, 0.4) is 0 Å². The molecule has 1 aliphatic rings. The van der Waals surface area contributed by atoms with Crippen molar-refractivity contribution in [2.45, 2.75) is 45.8 Å². The lowest BCUT2D eigenvalue weighted by atomic mass is 9.97. The Hall–Kier alpha value is -0.160. The van der Waals surface area contributed by atoms with E-state index >= 15 is 0 Å². The van der Waals surface area contributed by atoms with E-state index in [2.05, 4.69) is 24.1 Å². The van der Waals surface area contributed by atoms with E-state index in [4.69, 9.17) is 4.74 Å². The van der Waals surface area contributed by atoms with Crippen molar-refractivity contribution in [2.75, 3.05) is 39.4 Å². The van der Waals surface area contributed by atoms with Crippen LogP contribution in [-0.4, -0.2) is 61.5 Å². The van der Waals surface area contributed by atoms with E-state index in [0.717, 1.165) is 32.1 Å². The van der Waals surface area contributed by atoms with Crippen molar-refractivity contribution < 1.29 is 9.84 Å². The zero-order valence-electron chi connectivity index (χ0n) is 12.2. The second-order valence-corrected chi connectivity index (χ2v) is 5.64. The van der Waals surface area contributed by atoms with E-state index < -0.39 is 0 Å². The van der Waals surface area contributed by atoms with Crippen LogP contribution in [0, 0.1) is 5.92 Å². The quantitative estimate of drug-likeness (QED) is 0.684. The molecule has 2 N–H and O–H groups in total. The number of aliphatic hydroxyl groups excluding tert-OH is 1. The van der Waals surface area contributed by atoms with Crippen LogP contribution >= 0.6 is 0 Å². The summed E-state index contributed by atoms with van der Waals surface area (Å²) in [4.78, 5) is 2.37. The third-order valence-corrected chi connectivity index (χ3v) is 3.40. The molecule has 1 fully saturated rings. The molecule has 4 nitrogen and oxygen atoms in total. The van der Waals surface area contributed by atoms with E-state index in [1.54, 1.807) is 0 Å². The summed E-state index contributed by atoms with van der Waals surface area (Å²) in [6.07, 6.45) is 2.20. The number of nitrogens with zero attached hydrogens (tertiary/aromatic N) is 1. The van der Waals surface area contributed by atoms with Gasteiger partial charge in [0.2, 0.25) is 0 Å². The number of β-amino-alcohol motifs (C(OH)–C–C–N with tert-alkyl or cyclic N) is 1. The highest BCUT2D eigenvalue weighted by atomic mass is 16.5. The van der Waals surface area contributed by atoms with Crippen LogP contribution in [0.15, 0.2) is 0 Å². The van der Waals surface area contributed by atoms with Crippen LogP contribution < -0.4 is 5.32 Å². The van der Waals surface area contributed by atoms with Gasteiger partial charge in [0.1, 0.15) is 0 Å². The Balaban J connectivity index is 2.21. The van der Waals surface area contributed by atoms with Crippen LogP contribution in [0.4, 0.5) is 0 Å². The molecule has 0 aromatic rings. The van der Waals surface area contributed by atoms with Gasteiger partial charge in [0.05, 0.1) is 12.7 Å². The Morgan fingerprint density at radius 2 is 2.22 bits per heavy atom. The molecule has 1 rings (SSSR count). The van der Waals surface area contributed by atoms with Gasteiger partial charge < -0.3 is 20.1 Å². The van der Waals surface area contributed by atoms with Crippen molar-refractivity contribution in [1.82, 2.24) is 10.2 Å². The highest BCUT2D eigenvalue weighted by Gasteiger charge is 2.21. The van der Waals surface area contributed by atoms with E-state index in [0.29, 0.717) is 19.3 Å². The predicted octanol–water partition coefficient (Wildman–Crippen LogP) is 1.09. The lowest BCUT2D eigenvalue weighted by molar-refractivity contribution is 0.0129. The van der Waals surface area contributed by atoms with Gasteiger partial charge in [0.15, 0.2) is 0 Å². The molecule has 108 valence electrons. The Morgan fingerprint density at radius 1 is 1.44 bits per heavy atom. The minimum Gasteiger partial charge on any atom is -0.389 e. The number of likely N-dealkylation sites (tertiary alicyclic amines) is 1. The maximum Gasteiger partial charge on any atom is 0.0900 e. The fourth-order valence-corrected chi connectivity index (χ4v) is 2.49. The normalized spacial score (nSPS) is 23.5. The monoisotopic (exact) mass is 258 g/mol. The van der Waals surface area contributed by atoms with E-state index in [1.807, 2.05) is 6.92 Å². The molecule has 0 saturated carbocycles. The van der Waals surface area contributed by atoms with E-state index in [-0.39, 0.29) is 6.10 Å². The van der Waals surface area contributed by atoms with Gasteiger partial charge in [0.25, 0.3) is 0 Å². The molecular weight excluding hydrogens is 228 g/mol. The third-order valence-electron chi connectivity index (χ3n) is 3.40. The molecule has 0 aromatic heterocycles. The number of ether oxygens (including phenoxy) is 1. The average Bonchev–Trinajstić information content (AvgIpc) is 2.34. The first kappa shape index (κ1) is 15.9. The van der Waals surface area contributed by atoms with Crippen molar-refractivity contribution in [1.29, 1.82) is 0 Å². The summed E-state index contributed by atoms with van der Waals surface area (Å²) in [6.45, 7) is 11.5. The highest BCUT2D eigenvalue weighted by molar-refractivity contribution is 4.77. The van der Waals surface area contributed by atoms with Crippen molar-refractivity contribution in [3.8, 4) is 0 Å². The SMILES string of the molecule is CCOCC(O)CN1CCCC(CNC(C)C)C1. The number of hydrogen-bond donors (Lipinski definition) is 2. The second-order valence-electron chi connectivity index (χ2n) is 5.64. The summed E-state index contributed by atoms with van der Waals surface area (Å²) < 4.78 is 5.25. The maximum atomic E-state index is 9.85. The molecule has 4 heteroatoms. The molecular formula is C14H30N2O2.